The summed E-state index contributed by atoms with van der Waals surface area (Å²) >= 11 is 0. The predicted octanol–water partition coefficient (Wildman–Crippen LogP) is 3.50. The fraction of sp³-hybridized carbons (Fsp3) is 0.438. The van der Waals surface area contributed by atoms with Crippen LogP contribution in [-0.4, -0.2) is 5.91 Å². The van der Waals surface area contributed by atoms with E-state index in [4.69, 9.17) is 0 Å². The molecule has 1 amide bonds. The third-order valence-electron chi connectivity index (χ3n) is 3.86. The van der Waals surface area contributed by atoms with Crippen molar-refractivity contribution in [3.8, 4) is 0 Å². The number of nitrogens with one attached hydrogen (secondary N) is 1. The molecule has 0 bridgehead atoms. The minimum absolute atomic E-state index is 0.0694. The molecule has 2 rings (SSSR count). The van der Waals surface area contributed by atoms with Gasteiger partial charge < -0.3 is 5.32 Å². The Labute approximate surface area is 109 Å². The summed E-state index contributed by atoms with van der Waals surface area (Å²) in [4.78, 5) is 12.1. The van der Waals surface area contributed by atoms with Crippen LogP contribution < -0.4 is 5.32 Å². The van der Waals surface area contributed by atoms with Crippen LogP contribution >= 0.6 is 0 Å². The van der Waals surface area contributed by atoms with E-state index in [9.17, 15) is 4.79 Å². The maximum absolute atomic E-state index is 12.1. The van der Waals surface area contributed by atoms with Crippen molar-refractivity contribution in [1.29, 1.82) is 0 Å². The number of rotatable bonds is 4. The average molecular weight is 243 g/mol. The van der Waals surface area contributed by atoms with Crippen molar-refractivity contribution in [3.05, 3.63) is 48.2 Å². The molecule has 2 aliphatic rings. The van der Waals surface area contributed by atoms with Crippen LogP contribution in [0.1, 0.15) is 32.6 Å². The number of hydrogen-bond donors (Lipinski definition) is 1. The van der Waals surface area contributed by atoms with Crippen molar-refractivity contribution in [1.82, 2.24) is 5.32 Å². The van der Waals surface area contributed by atoms with Gasteiger partial charge in [0.15, 0.2) is 0 Å². The number of carbonyl (C=O) groups excluding carboxylic acids is 1. The van der Waals surface area contributed by atoms with Crippen LogP contribution in [0, 0.1) is 11.8 Å². The Kier molecular flexibility index (Phi) is 4.19. The van der Waals surface area contributed by atoms with E-state index >= 15 is 0 Å². The molecular formula is C16H21NO. The SMILES string of the molecule is C=C/C=C\C(=C/C)NC(=O)C1=CC2CCCCC12. The van der Waals surface area contributed by atoms with Crippen LogP contribution in [0.5, 0.6) is 0 Å². The van der Waals surface area contributed by atoms with E-state index in [0.29, 0.717) is 11.8 Å². The zero-order chi connectivity index (χ0) is 13.0. The Balaban J connectivity index is 1.96. The van der Waals surface area contributed by atoms with Crippen molar-refractivity contribution in [2.24, 2.45) is 11.8 Å². The van der Waals surface area contributed by atoms with Crippen LogP contribution in [0.3, 0.4) is 0 Å². The maximum atomic E-state index is 12.1. The Hall–Kier alpha value is -1.57. The monoisotopic (exact) mass is 243 g/mol. The summed E-state index contributed by atoms with van der Waals surface area (Å²) in [5.41, 5.74) is 1.83. The molecular weight excluding hydrogens is 222 g/mol. The molecule has 0 spiro atoms. The molecule has 18 heavy (non-hydrogen) atoms. The van der Waals surface area contributed by atoms with Gasteiger partial charge in [-0.3, -0.25) is 4.79 Å². The number of hydrogen-bond acceptors (Lipinski definition) is 1. The van der Waals surface area contributed by atoms with Crippen LogP contribution in [0.15, 0.2) is 48.2 Å². The summed E-state index contributed by atoms with van der Waals surface area (Å²) in [7, 11) is 0. The average Bonchev–Trinajstić information content (AvgIpc) is 2.36. The lowest BCUT2D eigenvalue weighted by atomic mass is 9.66. The van der Waals surface area contributed by atoms with E-state index in [1.807, 2.05) is 25.2 Å². The van der Waals surface area contributed by atoms with Gasteiger partial charge >= 0.3 is 0 Å². The number of carbonyl (C=O) groups is 1. The van der Waals surface area contributed by atoms with E-state index < -0.39 is 0 Å². The van der Waals surface area contributed by atoms with E-state index in [2.05, 4.69) is 18.0 Å². The Morgan fingerprint density at radius 3 is 2.89 bits per heavy atom. The minimum Gasteiger partial charge on any atom is -0.323 e. The van der Waals surface area contributed by atoms with Gasteiger partial charge in [-0.15, -0.1) is 0 Å². The molecule has 0 saturated heterocycles. The predicted molar refractivity (Wildman–Crippen MR) is 74.8 cm³/mol. The smallest absolute Gasteiger partial charge is 0.251 e. The highest BCUT2D eigenvalue weighted by Gasteiger charge is 2.37. The zero-order valence-electron chi connectivity index (χ0n) is 11.0. The van der Waals surface area contributed by atoms with Crippen molar-refractivity contribution >= 4 is 5.91 Å². The first-order valence-electron chi connectivity index (χ1n) is 6.74. The summed E-state index contributed by atoms with van der Waals surface area (Å²) in [6.45, 7) is 5.54. The largest absolute Gasteiger partial charge is 0.323 e. The van der Waals surface area contributed by atoms with Crippen LogP contribution in [0.25, 0.3) is 0 Å². The Bertz CT molecular complexity index is 428. The van der Waals surface area contributed by atoms with Gasteiger partial charge in [0.25, 0.3) is 5.91 Å². The molecule has 2 nitrogen and oxygen atoms in total. The molecule has 1 fully saturated rings. The molecule has 0 aromatic heterocycles. The molecule has 2 heteroatoms. The third-order valence-corrected chi connectivity index (χ3v) is 3.86. The van der Waals surface area contributed by atoms with Gasteiger partial charge in [-0.1, -0.05) is 43.7 Å². The summed E-state index contributed by atoms with van der Waals surface area (Å²) in [6, 6.07) is 0. The molecule has 1 N–H and O–H groups in total. The van der Waals surface area contributed by atoms with E-state index in [0.717, 1.165) is 11.3 Å². The lowest BCUT2D eigenvalue weighted by Crippen LogP contribution is -2.37. The number of amides is 1. The van der Waals surface area contributed by atoms with E-state index in [1.165, 1.54) is 25.7 Å². The molecule has 0 aromatic carbocycles. The maximum Gasteiger partial charge on any atom is 0.251 e. The first-order chi connectivity index (χ1) is 8.76. The standard InChI is InChI=1S/C16H21NO/c1-3-5-9-13(4-2)17-16(18)15-11-12-8-6-7-10-14(12)15/h3-5,9,11-12,14H,1,6-8,10H2,2H3,(H,17,18)/b9-5-,13-4+. The van der Waals surface area contributed by atoms with Crippen molar-refractivity contribution in [3.63, 3.8) is 0 Å². The Morgan fingerprint density at radius 2 is 2.22 bits per heavy atom. The zero-order valence-corrected chi connectivity index (χ0v) is 11.0. The molecule has 0 aromatic rings. The van der Waals surface area contributed by atoms with E-state index in [-0.39, 0.29) is 5.91 Å². The third kappa shape index (κ3) is 2.63. The highest BCUT2D eigenvalue weighted by atomic mass is 16.1. The van der Waals surface area contributed by atoms with E-state index in [1.54, 1.807) is 6.08 Å². The first kappa shape index (κ1) is 12.9. The lowest BCUT2D eigenvalue weighted by molar-refractivity contribution is -0.118. The second-order valence-electron chi connectivity index (χ2n) is 4.97. The molecule has 2 atom stereocenters. The molecule has 0 radical (unpaired) electrons. The van der Waals surface area contributed by atoms with Crippen molar-refractivity contribution in [2.45, 2.75) is 32.6 Å². The summed E-state index contributed by atoms with van der Waals surface area (Å²) in [5.74, 6) is 1.25. The quantitative estimate of drug-likeness (QED) is 0.752. The van der Waals surface area contributed by atoms with Crippen molar-refractivity contribution < 1.29 is 4.79 Å². The van der Waals surface area contributed by atoms with Crippen LogP contribution in [-0.2, 0) is 4.79 Å². The summed E-state index contributed by atoms with van der Waals surface area (Å²) in [6.07, 6.45) is 14.5. The van der Waals surface area contributed by atoms with Gasteiger partial charge in [0.1, 0.15) is 0 Å². The highest BCUT2D eigenvalue weighted by molar-refractivity contribution is 5.96. The topological polar surface area (TPSA) is 29.1 Å². The van der Waals surface area contributed by atoms with Gasteiger partial charge in [0, 0.05) is 11.3 Å². The molecule has 0 aliphatic heterocycles. The second-order valence-corrected chi connectivity index (χ2v) is 4.97. The summed E-state index contributed by atoms with van der Waals surface area (Å²) < 4.78 is 0. The van der Waals surface area contributed by atoms with Gasteiger partial charge in [-0.05, 0) is 37.7 Å². The Morgan fingerprint density at radius 1 is 1.44 bits per heavy atom. The molecule has 0 heterocycles. The van der Waals surface area contributed by atoms with Gasteiger partial charge in [0.2, 0.25) is 0 Å². The first-order valence-corrected chi connectivity index (χ1v) is 6.74. The number of allylic oxidation sites excluding steroid dienone is 5. The summed E-state index contributed by atoms with van der Waals surface area (Å²) in [5, 5.41) is 2.96. The van der Waals surface area contributed by atoms with Crippen molar-refractivity contribution in [2.75, 3.05) is 0 Å². The highest BCUT2D eigenvalue weighted by Crippen LogP contribution is 2.44. The molecule has 1 saturated carbocycles. The van der Waals surface area contributed by atoms with Crippen LogP contribution in [0.2, 0.25) is 0 Å². The van der Waals surface area contributed by atoms with Gasteiger partial charge in [0.05, 0.1) is 0 Å². The van der Waals surface area contributed by atoms with Gasteiger partial charge in [-0.25, -0.2) is 0 Å². The second kappa shape index (κ2) is 5.85. The lowest BCUT2D eigenvalue weighted by Gasteiger charge is -2.39. The molecule has 96 valence electrons. The fourth-order valence-electron chi connectivity index (χ4n) is 2.81. The minimum atomic E-state index is 0.0694. The number of fused-ring (bicyclic) bond motifs is 1. The van der Waals surface area contributed by atoms with Gasteiger partial charge in [-0.2, -0.15) is 0 Å². The molecule has 2 unspecified atom stereocenters. The fourth-order valence-corrected chi connectivity index (χ4v) is 2.81. The van der Waals surface area contributed by atoms with Crippen LogP contribution in [0.4, 0.5) is 0 Å². The molecule has 2 aliphatic carbocycles. The normalized spacial score (nSPS) is 27.2.